The Bertz CT molecular complexity index is 1030. The standard InChI is InChI=1S/C20H20ClN5O2/c1-4-25(16-7-5-6-13(2)10-16)20-18(26(27)28)19(22-12-23-20)24-17-11-15(21)9-8-14(17)3/h5-12H,4H2,1-3H3,(H,22,23,24). The number of hydrogen-bond acceptors (Lipinski definition) is 6. The molecule has 0 fully saturated rings. The first-order chi connectivity index (χ1) is 13.4. The van der Waals surface area contributed by atoms with E-state index in [1.54, 1.807) is 17.0 Å². The minimum atomic E-state index is -0.462. The molecule has 2 aromatic carbocycles. The summed E-state index contributed by atoms with van der Waals surface area (Å²) in [5.74, 6) is 0.349. The van der Waals surface area contributed by atoms with Crippen LogP contribution in [0.1, 0.15) is 18.1 Å². The van der Waals surface area contributed by atoms with Crippen molar-refractivity contribution in [2.45, 2.75) is 20.8 Å². The molecule has 0 amide bonds. The molecule has 0 radical (unpaired) electrons. The normalized spacial score (nSPS) is 10.6. The Morgan fingerprint density at radius 2 is 1.96 bits per heavy atom. The zero-order chi connectivity index (χ0) is 20.3. The quantitative estimate of drug-likeness (QED) is 0.433. The maximum absolute atomic E-state index is 11.9. The first-order valence-electron chi connectivity index (χ1n) is 8.77. The van der Waals surface area contributed by atoms with E-state index in [1.165, 1.54) is 6.33 Å². The zero-order valence-electron chi connectivity index (χ0n) is 15.8. The second-order valence-corrected chi connectivity index (χ2v) is 6.76. The van der Waals surface area contributed by atoms with E-state index >= 15 is 0 Å². The Hall–Kier alpha value is -3.19. The lowest BCUT2D eigenvalue weighted by atomic mass is 10.2. The molecule has 0 saturated heterocycles. The van der Waals surface area contributed by atoms with Crippen LogP contribution in [-0.2, 0) is 0 Å². The second-order valence-electron chi connectivity index (χ2n) is 6.32. The molecule has 0 aliphatic heterocycles. The lowest BCUT2D eigenvalue weighted by Crippen LogP contribution is -2.20. The lowest BCUT2D eigenvalue weighted by Gasteiger charge is -2.22. The molecule has 0 bridgehead atoms. The molecule has 144 valence electrons. The Morgan fingerprint density at radius 1 is 1.18 bits per heavy atom. The van der Waals surface area contributed by atoms with Gasteiger partial charge in [-0.15, -0.1) is 0 Å². The maximum Gasteiger partial charge on any atom is 0.354 e. The fourth-order valence-electron chi connectivity index (χ4n) is 2.93. The number of nitro groups is 1. The Morgan fingerprint density at radius 3 is 2.64 bits per heavy atom. The van der Waals surface area contributed by atoms with Gasteiger partial charge < -0.3 is 10.2 Å². The molecule has 28 heavy (non-hydrogen) atoms. The van der Waals surface area contributed by atoms with Gasteiger partial charge in [0.25, 0.3) is 0 Å². The second kappa shape index (κ2) is 8.22. The Kier molecular flexibility index (Phi) is 5.75. The predicted molar refractivity (Wildman–Crippen MR) is 112 cm³/mol. The highest BCUT2D eigenvalue weighted by atomic mass is 35.5. The van der Waals surface area contributed by atoms with Gasteiger partial charge >= 0.3 is 5.69 Å². The van der Waals surface area contributed by atoms with Gasteiger partial charge in [-0.3, -0.25) is 10.1 Å². The van der Waals surface area contributed by atoms with Crippen molar-refractivity contribution in [1.82, 2.24) is 9.97 Å². The molecule has 0 aliphatic rings. The van der Waals surface area contributed by atoms with E-state index in [-0.39, 0.29) is 17.3 Å². The van der Waals surface area contributed by atoms with Crippen LogP contribution in [0.25, 0.3) is 0 Å². The van der Waals surface area contributed by atoms with E-state index in [9.17, 15) is 10.1 Å². The molecule has 1 heterocycles. The van der Waals surface area contributed by atoms with Crippen molar-refractivity contribution in [3.63, 3.8) is 0 Å². The highest BCUT2D eigenvalue weighted by molar-refractivity contribution is 6.30. The van der Waals surface area contributed by atoms with Crippen LogP contribution in [0.3, 0.4) is 0 Å². The summed E-state index contributed by atoms with van der Waals surface area (Å²) in [6.45, 7) is 6.29. The molecule has 1 aromatic heterocycles. The van der Waals surface area contributed by atoms with E-state index in [0.29, 0.717) is 17.3 Å². The number of nitrogens with zero attached hydrogens (tertiary/aromatic N) is 4. The molecular formula is C20H20ClN5O2. The molecule has 8 heteroatoms. The van der Waals surface area contributed by atoms with Gasteiger partial charge in [0.2, 0.25) is 11.6 Å². The number of aromatic nitrogens is 2. The SMILES string of the molecule is CCN(c1cccc(C)c1)c1ncnc(Nc2cc(Cl)ccc2C)c1[N+](=O)[O-]. The van der Waals surface area contributed by atoms with Gasteiger partial charge in [0, 0.05) is 22.9 Å². The summed E-state index contributed by atoms with van der Waals surface area (Å²) in [4.78, 5) is 21.6. The van der Waals surface area contributed by atoms with Crippen molar-refractivity contribution in [3.05, 3.63) is 75.1 Å². The summed E-state index contributed by atoms with van der Waals surface area (Å²) in [5.41, 5.74) is 3.24. The first-order valence-corrected chi connectivity index (χ1v) is 9.15. The van der Waals surface area contributed by atoms with Gasteiger partial charge in [0.15, 0.2) is 0 Å². The van der Waals surface area contributed by atoms with Gasteiger partial charge in [0.05, 0.1) is 4.92 Å². The molecule has 0 saturated carbocycles. The van der Waals surface area contributed by atoms with Crippen LogP contribution in [0, 0.1) is 24.0 Å². The van der Waals surface area contributed by atoms with Crippen molar-refractivity contribution >= 4 is 40.3 Å². The summed E-state index contributed by atoms with van der Waals surface area (Å²) in [6, 6.07) is 13.1. The minimum Gasteiger partial charge on any atom is -0.334 e. The third kappa shape index (κ3) is 4.04. The van der Waals surface area contributed by atoms with Crippen molar-refractivity contribution in [2.24, 2.45) is 0 Å². The van der Waals surface area contributed by atoms with Gasteiger partial charge in [-0.05, 0) is 56.2 Å². The number of anilines is 4. The van der Waals surface area contributed by atoms with Crippen LogP contribution >= 0.6 is 11.6 Å². The largest absolute Gasteiger partial charge is 0.354 e. The highest BCUT2D eigenvalue weighted by Gasteiger charge is 2.27. The number of benzene rings is 2. The fourth-order valence-corrected chi connectivity index (χ4v) is 3.11. The monoisotopic (exact) mass is 397 g/mol. The van der Waals surface area contributed by atoms with E-state index in [4.69, 9.17) is 11.6 Å². The predicted octanol–water partition coefficient (Wildman–Crippen LogP) is 5.56. The summed E-state index contributed by atoms with van der Waals surface area (Å²) in [7, 11) is 0. The van der Waals surface area contributed by atoms with E-state index in [2.05, 4.69) is 15.3 Å². The smallest absolute Gasteiger partial charge is 0.334 e. The van der Waals surface area contributed by atoms with Gasteiger partial charge in [-0.1, -0.05) is 29.8 Å². The van der Waals surface area contributed by atoms with Crippen molar-refractivity contribution in [1.29, 1.82) is 0 Å². The van der Waals surface area contributed by atoms with Crippen LogP contribution in [0.2, 0.25) is 5.02 Å². The van der Waals surface area contributed by atoms with Crippen molar-refractivity contribution in [2.75, 3.05) is 16.8 Å². The lowest BCUT2D eigenvalue weighted by molar-refractivity contribution is -0.383. The number of nitrogens with one attached hydrogen (secondary N) is 1. The van der Waals surface area contributed by atoms with Crippen LogP contribution in [0.4, 0.5) is 28.7 Å². The van der Waals surface area contributed by atoms with E-state index in [0.717, 1.165) is 16.8 Å². The van der Waals surface area contributed by atoms with E-state index in [1.807, 2.05) is 51.1 Å². The van der Waals surface area contributed by atoms with Crippen LogP contribution in [0.15, 0.2) is 48.8 Å². The van der Waals surface area contributed by atoms with Crippen molar-refractivity contribution < 1.29 is 4.92 Å². The van der Waals surface area contributed by atoms with Crippen LogP contribution in [0.5, 0.6) is 0 Å². The Balaban J connectivity index is 2.11. The third-order valence-electron chi connectivity index (χ3n) is 4.32. The molecule has 3 aromatic rings. The van der Waals surface area contributed by atoms with Crippen LogP contribution < -0.4 is 10.2 Å². The summed E-state index contributed by atoms with van der Waals surface area (Å²) in [5, 5.41) is 15.5. The van der Waals surface area contributed by atoms with Crippen LogP contribution in [-0.4, -0.2) is 21.4 Å². The van der Waals surface area contributed by atoms with E-state index < -0.39 is 4.92 Å². The summed E-state index contributed by atoms with van der Waals surface area (Å²) >= 11 is 6.07. The van der Waals surface area contributed by atoms with Gasteiger partial charge in [-0.25, -0.2) is 9.97 Å². The molecule has 0 atom stereocenters. The minimum absolute atomic E-state index is 0.117. The van der Waals surface area contributed by atoms with Gasteiger partial charge in [0.1, 0.15) is 6.33 Å². The molecule has 7 nitrogen and oxygen atoms in total. The maximum atomic E-state index is 11.9. The summed E-state index contributed by atoms with van der Waals surface area (Å²) < 4.78 is 0. The van der Waals surface area contributed by atoms with Crippen molar-refractivity contribution in [3.8, 4) is 0 Å². The highest BCUT2D eigenvalue weighted by Crippen LogP contribution is 2.37. The number of aryl methyl sites for hydroxylation is 2. The molecule has 0 aliphatic carbocycles. The zero-order valence-corrected chi connectivity index (χ0v) is 16.6. The molecule has 3 rings (SSSR count). The first kappa shape index (κ1) is 19.6. The van der Waals surface area contributed by atoms with Gasteiger partial charge in [-0.2, -0.15) is 0 Å². The number of hydrogen-bond donors (Lipinski definition) is 1. The average Bonchev–Trinajstić information content (AvgIpc) is 2.65. The Labute approximate surface area is 168 Å². The molecule has 0 unspecified atom stereocenters. The molecule has 0 spiro atoms. The summed E-state index contributed by atoms with van der Waals surface area (Å²) in [6.07, 6.45) is 1.32. The third-order valence-corrected chi connectivity index (χ3v) is 4.56. The fraction of sp³-hybridized carbons (Fsp3) is 0.200. The molecule has 1 N–H and O–H groups in total. The average molecular weight is 398 g/mol. The molecular weight excluding hydrogens is 378 g/mol. The number of rotatable bonds is 6. The topological polar surface area (TPSA) is 84.2 Å². The number of halogens is 1.